The number of benzene rings is 1. The molecule has 0 saturated heterocycles. The van der Waals surface area contributed by atoms with E-state index in [2.05, 4.69) is 4.98 Å². The molecule has 0 fully saturated rings. The van der Waals surface area contributed by atoms with Gasteiger partial charge in [-0.25, -0.2) is 23.0 Å². The lowest BCUT2D eigenvalue weighted by Crippen LogP contribution is -2.17. The molecule has 0 aliphatic heterocycles. The predicted molar refractivity (Wildman–Crippen MR) is 112 cm³/mol. The van der Waals surface area contributed by atoms with Gasteiger partial charge in [-0.1, -0.05) is 37.3 Å². The molecule has 1 atom stereocenters. The van der Waals surface area contributed by atoms with Crippen LogP contribution in [0.4, 0.5) is 0 Å². The third-order valence-electron chi connectivity index (χ3n) is 4.25. The summed E-state index contributed by atoms with van der Waals surface area (Å²) in [6.45, 7) is 5.35. The molecule has 0 aliphatic carbocycles. The molecule has 160 valence electrons. The van der Waals surface area contributed by atoms with Crippen LogP contribution in [-0.4, -0.2) is 44.3 Å². The van der Waals surface area contributed by atoms with Crippen LogP contribution >= 0.6 is 0 Å². The molecule has 1 heterocycles. The molecule has 1 aromatic heterocycles. The summed E-state index contributed by atoms with van der Waals surface area (Å²) in [5.41, 5.74) is 1.04. The molecule has 0 bridgehead atoms. The number of hydrogen-bond acceptors (Lipinski definition) is 7. The van der Waals surface area contributed by atoms with Crippen LogP contribution in [0, 0.1) is 0 Å². The van der Waals surface area contributed by atoms with E-state index in [-0.39, 0.29) is 29.6 Å². The van der Waals surface area contributed by atoms with E-state index in [9.17, 15) is 18.0 Å². The number of rotatable bonds is 9. The number of pyridine rings is 1. The summed E-state index contributed by atoms with van der Waals surface area (Å²) in [6, 6.07) is 11.5. The Hall–Kier alpha value is -3.00. The fourth-order valence-corrected chi connectivity index (χ4v) is 4.48. The van der Waals surface area contributed by atoms with Crippen LogP contribution in [0.3, 0.4) is 0 Å². The van der Waals surface area contributed by atoms with Crippen LogP contribution in [0.5, 0.6) is 0 Å². The van der Waals surface area contributed by atoms with Crippen molar-refractivity contribution in [1.82, 2.24) is 4.98 Å². The Bertz CT molecular complexity index is 1010. The molecule has 0 radical (unpaired) electrons. The zero-order valence-corrected chi connectivity index (χ0v) is 18.0. The van der Waals surface area contributed by atoms with Crippen molar-refractivity contribution < 1.29 is 27.5 Å². The molecule has 2 aromatic rings. The van der Waals surface area contributed by atoms with Crippen molar-refractivity contribution in [3.63, 3.8) is 0 Å². The lowest BCUT2D eigenvalue weighted by molar-refractivity contribution is -0.139. The van der Waals surface area contributed by atoms with Crippen LogP contribution in [0.2, 0.25) is 0 Å². The maximum atomic E-state index is 12.8. The van der Waals surface area contributed by atoms with Crippen molar-refractivity contribution in [1.29, 1.82) is 0 Å². The van der Waals surface area contributed by atoms with Crippen LogP contribution < -0.4 is 0 Å². The van der Waals surface area contributed by atoms with Gasteiger partial charge in [0.05, 0.1) is 24.5 Å². The zero-order chi connectivity index (χ0) is 22.1. The Kier molecular flexibility index (Phi) is 8.29. The lowest BCUT2D eigenvalue weighted by Gasteiger charge is -2.18. The fraction of sp³-hybridized carbons (Fsp3) is 0.318. The summed E-state index contributed by atoms with van der Waals surface area (Å²) in [4.78, 5) is 28.5. The average Bonchev–Trinajstić information content (AvgIpc) is 2.72. The lowest BCUT2D eigenvalue weighted by atomic mass is 9.92. The molecular weight excluding hydrogens is 406 g/mol. The molecule has 0 amide bonds. The van der Waals surface area contributed by atoms with Crippen molar-refractivity contribution in [2.24, 2.45) is 0 Å². The van der Waals surface area contributed by atoms with Crippen LogP contribution in [0.15, 0.2) is 59.8 Å². The summed E-state index contributed by atoms with van der Waals surface area (Å²) in [5.74, 6) is -2.05. The number of ether oxygens (including phenoxy) is 2. The van der Waals surface area contributed by atoms with Gasteiger partial charge >= 0.3 is 11.9 Å². The Morgan fingerprint density at radius 2 is 1.70 bits per heavy atom. The van der Waals surface area contributed by atoms with E-state index in [0.717, 1.165) is 6.08 Å². The number of hydrogen-bond donors (Lipinski definition) is 0. The van der Waals surface area contributed by atoms with Crippen molar-refractivity contribution in [2.75, 3.05) is 19.0 Å². The van der Waals surface area contributed by atoms with E-state index in [1.807, 2.05) is 0 Å². The van der Waals surface area contributed by atoms with E-state index in [4.69, 9.17) is 9.47 Å². The van der Waals surface area contributed by atoms with Crippen molar-refractivity contribution >= 4 is 27.3 Å². The molecule has 0 spiro atoms. The highest BCUT2D eigenvalue weighted by atomic mass is 32.2. The molecule has 0 unspecified atom stereocenters. The highest BCUT2D eigenvalue weighted by Crippen LogP contribution is 2.29. The van der Waals surface area contributed by atoms with E-state index in [1.165, 1.54) is 12.3 Å². The van der Waals surface area contributed by atoms with Crippen molar-refractivity contribution in [2.45, 2.75) is 31.7 Å². The first-order valence-corrected chi connectivity index (χ1v) is 11.2. The maximum Gasteiger partial charge on any atom is 0.339 e. The smallest absolute Gasteiger partial charge is 0.339 e. The second kappa shape index (κ2) is 10.7. The van der Waals surface area contributed by atoms with Crippen molar-refractivity contribution in [3.8, 4) is 0 Å². The molecule has 8 heteroatoms. The van der Waals surface area contributed by atoms with Gasteiger partial charge in [0.25, 0.3) is 0 Å². The minimum atomic E-state index is -3.65. The average molecular weight is 432 g/mol. The maximum absolute atomic E-state index is 12.8. The number of aromatic nitrogens is 1. The normalized spacial score (nSPS) is 12.8. The minimum Gasteiger partial charge on any atom is -0.463 e. The van der Waals surface area contributed by atoms with Gasteiger partial charge in [-0.3, -0.25) is 0 Å². The summed E-state index contributed by atoms with van der Waals surface area (Å²) in [6.07, 6.45) is 2.51. The summed E-state index contributed by atoms with van der Waals surface area (Å²) < 4.78 is 35.5. The Labute approximate surface area is 176 Å². The first-order chi connectivity index (χ1) is 14.3. The van der Waals surface area contributed by atoms with E-state index in [1.54, 1.807) is 57.2 Å². The number of carbonyl (C=O) groups is 2. The number of sulfone groups is 1. The molecule has 0 aliphatic rings. The third-order valence-corrected chi connectivity index (χ3v) is 6.07. The molecule has 30 heavy (non-hydrogen) atoms. The quantitative estimate of drug-likeness (QED) is 0.444. The second-order valence-corrected chi connectivity index (χ2v) is 8.45. The molecule has 7 nitrogen and oxygen atoms in total. The fourth-order valence-electron chi connectivity index (χ4n) is 2.96. The number of nitrogens with zero attached hydrogens (tertiary/aromatic N) is 1. The number of carbonyl (C=O) groups excluding carboxylic acids is 2. The molecule has 2 rings (SSSR count). The van der Waals surface area contributed by atoms with Gasteiger partial charge in [-0.15, -0.1) is 0 Å². The van der Waals surface area contributed by atoms with Gasteiger partial charge in [0.2, 0.25) is 0 Å². The zero-order valence-electron chi connectivity index (χ0n) is 17.2. The number of esters is 2. The predicted octanol–water partition coefficient (Wildman–Crippen LogP) is 3.17. The van der Waals surface area contributed by atoms with Gasteiger partial charge in [0, 0.05) is 12.3 Å². The van der Waals surface area contributed by atoms with E-state index >= 15 is 0 Å². The van der Waals surface area contributed by atoms with Crippen molar-refractivity contribution in [3.05, 3.63) is 65.9 Å². The third kappa shape index (κ3) is 6.00. The van der Waals surface area contributed by atoms with Crippen LogP contribution in [0.25, 0.3) is 5.57 Å². The standard InChI is InChI=1S/C22H25NO6S/c1-4-28-21(24)14-19(22(25)29-5-2)18-11-7-6-10-17(18)16(3)15-30(26,27)20-12-8-9-13-23-20/h6-14,16H,4-5,15H2,1-3H3/b19-14-/t16-/m1/s1. The molecule has 0 N–H and O–H groups in total. The van der Waals surface area contributed by atoms with Crippen LogP contribution in [0.1, 0.15) is 37.8 Å². The summed E-state index contributed by atoms with van der Waals surface area (Å²) in [7, 11) is -3.65. The SMILES string of the molecule is CCOC(=O)/C=C(\C(=O)OCC)c1ccccc1[C@H](C)CS(=O)(=O)c1ccccn1. The largest absolute Gasteiger partial charge is 0.463 e. The minimum absolute atomic E-state index is 0.0120. The summed E-state index contributed by atoms with van der Waals surface area (Å²) >= 11 is 0. The van der Waals surface area contributed by atoms with Gasteiger partial charge in [-0.2, -0.15) is 0 Å². The Balaban J connectivity index is 2.45. The first-order valence-electron chi connectivity index (χ1n) is 9.58. The Morgan fingerprint density at radius 1 is 1.03 bits per heavy atom. The summed E-state index contributed by atoms with van der Waals surface area (Å²) in [5, 5.41) is -0.0120. The first kappa shape index (κ1) is 23.3. The second-order valence-electron chi connectivity index (χ2n) is 6.47. The van der Waals surface area contributed by atoms with Crippen LogP contribution in [-0.2, 0) is 28.9 Å². The monoisotopic (exact) mass is 431 g/mol. The van der Waals surface area contributed by atoms with Gasteiger partial charge in [0.15, 0.2) is 14.9 Å². The highest BCUT2D eigenvalue weighted by Gasteiger charge is 2.25. The highest BCUT2D eigenvalue weighted by molar-refractivity contribution is 7.91. The molecule has 0 saturated carbocycles. The van der Waals surface area contributed by atoms with Gasteiger partial charge in [-0.05, 0) is 43.0 Å². The topological polar surface area (TPSA) is 99.6 Å². The molecular formula is C22H25NO6S. The Morgan fingerprint density at radius 3 is 2.33 bits per heavy atom. The van der Waals surface area contributed by atoms with Gasteiger partial charge < -0.3 is 9.47 Å². The van der Waals surface area contributed by atoms with E-state index < -0.39 is 27.7 Å². The molecule has 1 aromatic carbocycles. The van der Waals surface area contributed by atoms with Gasteiger partial charge in [0.1, 0.15) is 0 Å². The van der Waals surface area contributed by atoms with E-state index in [0.29, 0.717) is 11.1 Å².